The van der Waals surface area contributed by atoms with Crippen molar-refractivity contribution in [2.75, 3.05) is 20.2 Å². The maximum atomic E-state index is 12.3. The van der Waals surface area contributed by atoms with Gasteiger partial charge in [0.05, 0.1) is 7.11 Å². The first-order valence-corrected chi connectivity index (χ1v) is 7.25. The predicted octanol–water partition coefficient (Wildman–Crippen LogP) is 1.84. The van der Waals surface area contributed by atoms with Gasteiger partial charge >= 0.3 is 0 Å². The van der Waals surface area contributed by atoms with Crippen LogP contribution in [0.15, 0.2) is 24.3 Å². The zero-order valence-corrected chi connectivity index (χ0v) is 12.6. The molecule has 1 N–H and O–H groups in total. The molecule has 2 atom stereocenters. The zero-order chi connectivity index (χ0) is 14.5. The molecule has 20 heavy (non-hydrogen) atoms. The van der Waals surface area contributed by atoms with Crippen molar-refractivity contribution in [1.82, 2.24) is 10.2 Å². The summed E-state index contributed by atoms with van der Waals surface area (Å²) in [5.41, 5.74) is 1.15. The summed E-state index contributed by atoms with van der Waals surface area (Å²) in [5, 5.41) is 3.44. The quantitative estimate of drug-likeness (QED) is 0.912. The Hall–Kier alpha value is -1.55. The van der Waals surface area contributed by atoms with E-state index in [1.54, 1.807) is 7.11 Å². The van der Waals surface area contributed by atoms with Crippen LogP contribution in [0.2, 0.25) is 0 Å². The summed E-state index contributed by atoms with van der Waals surface area (Å²) in [4.78, 5) is 14.3. The van der Waals surface area contributed by atoms with Crippen LogP contribution in [0.4, 0.5) is 0 Å². The van der Waals surface area contributed by atoms with E-state index in [-0.39, 0.29) is 5.91 Å². The van der Waals surface area contributed by atoms with E-state index >= 15 is 0 Å². The Bertz CT molecular complexity index is 452. The number of piperazine rings is 1. The second kappa shape index (κ2) is 6.75. The van der Waals surface area contributed by atoms with Crippen molar-refractivity contribution in [3.8, 4) is 5.75 Å². The van der Waals surface area contributed by atoms with Crippen molar-refractivity contribution in [2.24, 2.45) is 0 Å². The summed E-state index contributed by atoms with van der Waals surface area (Å²) in [6.45, 7) is 5.86. The fourth-order valence-electron chi connectivity index (χ4n) is 2.77. The molecule has 1 aromatic carbocycles. The Morgan fingerprint density at radius 2 is 2.05 bits per heavy atom. The SMILES string of the molecule is COc1cccc(CCC(=O)N2C[C@H](C)N[C@@H](C)C2)c1. The third-order valence-electron chi connectivity index (χ3n) is 3.67. The van der Waals surface area contributed by atoms with Crippen LogP contribution < -0.4 is 10.1 Å². The first-order valence-electron chi connectivity index (χ1n) is 7.25. The highest BCUT2D eigenvalue weighted by Crippen LogP contribution is 2.15. The number of methoxy groups -OCH3 is 1. The fourth-order valence-corrected chi connectivity index (χ4v) is 2.77. The van der Waals surface area contributed by atoms with Crippen LogP contribution in [0.5, 0.6) is 5.75 Å². The van der Waals surface area contributed by atoms with Crippen LogP contribution in [-0.2, 0) is 11.2 Å². The first-order chi connectivity index (χ1) is 9.58. The highest BCUT2D eigenvalue weighted by atomic mass is 16.5. The summed E-state index contributed by atoms with van der Waals surface area (Å²) < 4.78 is 5.20. The molecular formula is C16H24N2O2. The smallest absolute Gasteiger partial charge is 0.223 e. The number of rotatable bonds is 4. The average molecular weight is 276 g/mol. The van der Waals surface area contributed by atoms with Gasteiger partial charge < -0.3 is 15.0 Å². The molecule has 110 valence electrons. The number of ether oxygens (including phenoxy) is 1. The third-order valence-corrected chi connectivity index (χ3v) is 3.67. The Morgan fingerprint density at radius 3 is 2.70 bits per heavy atom. The average Bonchev–Trinajstić information content (AvgIpc) is 2.44. The molecule has 0 aromatic heterocycles. The second-order valence-corrected chi connectivity index (χ2v) is 5.62. The van der Waals surface area contributed by atoms with Crippen molar-refractivity contribution in [1.29, 1.82) is 0 Å². The normalized spacial score (nSPS) is 22.6. The molecule has 2 rings (SSSR count). The molecule has 1 aliphatic rings. The van der Waals surface area contributed by atoms with E-state index < -0.39 is 0 Å². The number of nitrogens with one attached hydrogen (secondary N) is 1. The Kier molecular flexibility index (Phi) is 5.01. The Morgan fingerprint density at radius 1 is 1.35 bits per heavy atom. The standard InChI is InChI=1S/C16H24N2O2/c1-12-10-18(11-13(2)17-12)16(19)8-7-14-5-4-6-15(9-14)20-3/h4-6,9,12-13,17H,7-8,10-11H2,1-3H3/t12-,13-/m0/s1. The minimum Gasteiger partial charge on any atom is -0.497 e. The molecule has 1 aromatic rings. The fraction of sp³-hybridized carbons (Fsp3) is 0.562. The van der Waals surface area contributed by atoms with E-state index in [4.69, 9.17) is 4.74 Å². The Labute approximate surface area is 121 Å². The van der Waals surface area contributed by atoms with E-state index in [2.05, 4.69) is 19.2 Å². The van der Waals surface area contributed by atoms with Gasteiger partial charge in [0.15, 0.2) is 0 Å². The molecule has 0 bridgehead atoms. The lowest BCUT2D eigenvalue weighted by Crippen LogP contribution is -2.55. The van der Waals surface area contributed by atoms with Crippen LogP contribution in [0.1, 0.15) is 25.8 Å². The van der Waals surface area contributed by atoms with Gasteiger partial charge in [0.2, 0.25) is 5.91 Å². The van der Waals surface area contributed by atoms with E-state index in [0.29, 0.717) is 18.5 Å². The summed E-state index contributed by atoms with van der Waals surface area (Å²) in [6.07, 6.45) is 1.33. The number of carbonyl (C=O) groups excluding carboxylic acids is 1. The van der Waals surface area contributed by atoms with Gasteiger partial charge in [0, 0.05) is 31.6 Å². The van der Waals surface area contributed by atoms with Gasteiger partial charge in [-0.25, -0.2) is 0 Å². The van der Waals surface area contributed by atoms with Gasteiger partial charge in [0.1, 0.15) is 5.75 Å². The number of hydrogen-bond acceptors (Lipinski definition) is 3. The highest BCUT2D eigenvalue weighted by Gasteiger charge is 2.24. The molecule has 0 unspecified atom stereocenters. The van der Waals surface area contributed by atoms with Crippen LogP contribution in [-0.4, -0.2) is 43.1 Å². The lowest BCUT2D eigenvalue weighted by Gasteiger charge is -2.36. The maximum Gasteiger partial charge on any atom is 0.223 e. The van der Waals surface area contributed by atoms with Gasteiger partial charge in [-0.3, -0.25) is 4.79 Å². The lowest BCUT2D eigenvalue weighted by molar-refractivity contribution is -0.132. The Balaban J connectivity index is 1.88. The third kappa shape index (κ3) is 3.97. The highest BCUT2D eigenvalue weighted by molar-refractivity contribution is 5.76. The molecule has 4 nitrogen and oxygen atoms in total. The van der Waals surface area contributed by atoms with Crippen molar-refractivity contribution < 1.29 is 9.53 Å². The van der Waals surface area contributed by atoms with Gasteiger partial charge in [-0.05, 0) is 38.0 Å². The van der Waals surface area contributed by atoms with Crippen molar-refractivity contribution in [3.63, 3.8) is 0 Å². The summed E-state index contributed by atoms with van der Waals surface area (Å²) in [5.74, 6) is 1.09. The minimum atomic E-state index is 0.244. The zero-order valence-electron chi connectivity index (χ0n) is 12.6. The molecule has 0 radical (unpaired) electrons. The summed E-state index contributed by atoms with van der Waals surface area (Å²) >= 11 is 0. The molecule has 0 spiro atoms. The van der Waals surface area contributed by atoms with E-state index in [1.165, 1.54) is 0 Å². The summed E-state index contributed by atoms with van der Waals surface area (Å²) in [6, 6.07) is 8.67. The van der Waals surface area contributed by atoms with E-state index in [9.17, 15) is 4.79 Å². The van der Waals surface area contributed by atoms with Crippen molar-refractivity contribution >= 4 is 5.91 Å². The molecule has 4 heteroatoms. The van der Waals surface area contributed by atoms with Crippen LogP contribution in [0.3, 0.4) is 0 Å². The minimum absolute atomic E-state index is 0.244. The summed E-state index contributed by atoms with van der Waals surface area (Å²) in [7, 11) is 1.66. The molecule has 0 saturated carbocycles. The first kappa shape index (κ1) is 14.9. The van der Waals surface area contributed by atoms with Gasteiger partial charge in [-0.2, -0.15) is 0 Å². The van der Waals surface area contributed by atoms with Crippen LogP contribution in [0.25, 0.3) is 0 Å². The maximum absolute atomic E-state index is 12.3. The molecular weight excluding hydrogens is 252 g/mol. The largest absolute Gasteiger partial charge is 0.497 e. The molecule has 1 heterocycles. The monoisotopic (exact) mass is 276 g/mol. The van der Waals surface area contributed by atoms with Gasteiger partial charge in [-0.1, -0.05) is 12.1 Å². The lowest BCUT2D eigenvalue weighted by atomic mass is 10.1. The topological polar surface area (TPSA) is 41.6 Å². The number of carbonyl (C=O) groups is 1. The number of amides is 1. The van der Waals surface area contributed by atoms with Gasteiger partial charge in [0.25, 0.3) is 0 Å². The van der Waals surface area contributed by atoms with Crippen molar-refractivity contribution in [3.05, 3.63) is 29.8 Å². The number of benzene rings is 1. The number of nitrogens with zero attached hydrogens (tertiary/aromatic N) is 1. The van der Waals surface area contributed by atoms with Crippen molar-refractivity contribution in [2.45, 2.75) is 38.8 Å². The molecule has 1 amide bonds. The van der Waals surface area contributed by atoms with E-state index in [1.807, 2.05) is 29.2 Å². The number of aryl methyl sites for hydroxylation is 1. The number of hydrogen-bond donors (Lipinski definition) is 1. The molecule has 1 fully saturated rings. The molecule has 1 aliphatic heterocycles. The second-order valence-electron chi connectivity index (χ2n) is 5.62. The molecule has 1 saturated heterocycles. The van der Waals surface area contributed by atoms with Gasteiger partial charge in [-0.15, -0.1) is 0 Å². The van der Waals surface area contributed by atoms with Crippen LogP contribution >= 0.6 is 0 Å². The van der Waals surface area contributed by atoms with E-state index in [0.717, 1.165) is 30.8 Å². The predicted molar refractivity (Wildman–Crippen MR) is 80.0 cm³/mol. The molecule has 0 aliphatic carbocycles. The van der Waals surface area contributed by atoms with Crippen LogP contribution in [0, 0.1) is 0 Å².